The number of likely N-dealkylation sites (tertiary alicyclic amines) is 1. The van der Waals surface area contributed by atoms with Crippen molar-refractivity contribution in [3.8, 4) is 0 Å². The summed E-state index contributed by atoms with van der Waals surface area (Å²) < 4.78 is 46.9. The predicted octanol–water partition coefficient (Wildman–Crippen LogP) is 2.07. The van der Waals surface area contributed by atoms with E-state index in [1.807, 2.05) is 0 Å². The Labute approximate surface area is 61.3 Å². The van der Waals surface area contributed by atoms with E-state index in [1.54, 1.807) is 0 Å². The quantitative estimate of drug-likeness (QED) is 0.429. The molecule has 0 N–H and O–H groups in total. The molecule has 0 unspecified atom stereocenters. The highest BCUT2D eigenvalue weighted by molar-refractivity contribution is 4.99. The molecule has 0 aromatic carbocycles. The second kappa shape index (κ2) is 2.71. The van der Waals surface area contributed by atoms with Crippen LogP contribution in [0.15, 0.2) is 12.0 Å². The maximum atomic E-state index is 12.4. The van der Waals surface area contributed by atoms with E-state index in [9.17, 15) is 17.6 Å². The van der Waals surface area contributed by atoms with Crippen LogP contribution in [0, 0.1) is 0 Å². The van der Waals surface area contributed by atoms with E-state index >= 15 is 0 Å². The van der Waals surface area contributed by atoms with Gasteiger partial charge in [-0.25, -0.2) is 0 Å². The zero-order valence-electron chi connectivity index (χ0n) is 5.66. The van der Waals surface area contributed by atoms with Gasteiger partial charge < -0.3 is 4.90 Å². The van der Waals surface area contributed by atoms with Gasteiger partial charge in [-0.05, 0) is 6.42 Å². The van der Waals surface area contributed by atoms with E-state index in [0.717, 1.165) is 11.3 Å². The van der Waals surface area contributed by atoms with Gasteiger partial charge in [-0.3, -0.25) is 0 Å². The molecule has 1 aliphatic rings. The maximum absolute atomic E-state index is 12.4. The van der Waals surface area contributed by atoms with Crippen molar-refractivity contribution in [3.05, 3.63) is 12.0 Å². The predicted molar refractivity (Wildman–Crippen MR) is 31.4 cm³/mol. The molecule has 0 atom stereocenters. The fraction of sp³-hybridized carbons (Fsp3) is 0.667. The lowest BCUT2D eigenvalue weighted by atomic mass is 10.2. The SMILES string of the molecule is F/C(=C\C(F)(F)F)N1CCC1. The summed E-state index contributed by atoms with van der Waals surface area (Å²) in [5.74, 6) is -1.18. The van der Waals surface area contributed by atoms with Crippen LogP contribution in [-0.4, -0.2) is 24.2 Å². The molecule has 0 aromatic heterocycles. The van der Waals surface area contributed by atoms with Crippen LogP contribution in [0.5, 0.6) is 0 Å². The summed E-state index contributed by atoms with van der Waals surface area (Å²) in [6.45, 7) is 0.775. The molecule has 0 bridgehead atoms. The first-order valence-corrected chi connectivity index (χ1v) is 3.19. The third kappa shape index (κ3) is 2.40. The summed E-state index contributed by atoms with van der Waals surface area (Å²) in [4.78, 5) is 1.05. The molecule has 1 rings (SSSR count). The van der Waals surface area contributed by atoms with Crippen molar-refractivity contribution in [2.75, 3.05) is 13.1 Å². The minimum Gasteiger partial charge on any atom is -0.348 e. The third-order valence-corrected chi connectivity index (χ3v) is 1.44. The summed E-state index contributed by atoms with van der Waals surface area (Å²) >= 11 is 0. The van der Waals surface area contributed by atoms with E-state index in [0.29, 0.717) is 13.1 Å². The molecule has 0 radical (unpaired) electrons. The normalized spacial score (nSPS) is 20.0. The molecule has 1 aliphatic heterocycles. The van der Waals surface area contributed by atoms with Crippen molar-refractivity contribution in [2.24, 2.45) is 0 Å². The third-order valence-electron chi connectivity index (χ3n) is 1.44. The zero-order chi connectivity index (χ0) is 8.48. The average molecular weight is 169 g/mol. The number of hydrogen-bond acceptors (Lipinski definition) is 1. The van der Waals surface area contributed by atoms with Gasteiger partial charge in [0.15, 0.2) is 5.95 Å². The maximum Gasteiger partial charge on any atom is 0.414 e. The van der Waals surface area contributed by atoms with Gasteiger partial charge in [0.2, 0.25) is 0 Å². The molecule has 1 heterocycles. The van der Waals surface area contributed by atoms with Crippen molar-refractivity contribution in [2.45, 2.75) is 12.6 Å². The molecule has 0 aromatic rings. The Balaban J connectivity index is 2.50. The van der Waals surface area contributed by atoms with Crippen LogP contribution >= 0.6 is 0 Å². The Morgan fingerprint density at radius 1 is 1.27 bits per heavy atom. The van der Waals surface area contributed by atoms with Gasteiger partial charge in [0, 0.05) is 13.1 Å². The van der Waals surface area contributed by atoms with Crippen LogP contribution in [0.4, 0.5) is 17.6 Å². The van der Waals surface area contributed by atoms with E-state index in [-0.39, 0.29) is 6.08 Å². The molecule has 64 valence electrons. The molecule has 5 heteroatoms. The fourth-order valence-corrected chi connectivity index (χ4v) is 0.756. The Hall–Kier alpha value is -0.740. The van der Waals surface area contributed by atoms with E-state index in [1.165, 1.54) is 0 Å². The number of nitrogens with zero attached hydrogens (tertiary/aromatic N) is 1. The van der Waals surface area contributed by atoms with Crippen molar-refractivity contribution in [3.63, 3.8) is 0 Å². The van der Waals surface area contributed by atoms with Crippen LogP contribution < -0.4 is 0 Å². The van der Waals surface area contributed by atoms with Crippen LogP contribution in [0.3, 0.4) is 0 Å². The smallest absolute Gasteiger partial charge is 0.348 e. The van der Waals surface area contributed by atoms with Gasteiger partial charge in [-0.1, -0.05) is 0 Å². The Kier molecular flexibility index (Phi) is 2.06. The van der Waals surface area contributed by atoms with E-state index in [2.05, 4.69) is 0 Å². The molecular formula is C6H7F4N. The Morgan fingerprint density at radius 3 is 2.09 bits per heavy atom. The van der Waals surface area contributed by atoms with Gasteiger partial charge in [-0.2, -0.15) is 17.6 Å². The minimum absolute atomic E-state index is 0.313. The van der Waals surface area contributed by atoms with Crippen LogP contribution in [0.1, 0.15) is 6.42 Å². The highest BCUT2D eigenvalue weighted by Crippen LogP contribution is 2.23. The first kappa shape index (κ1) is 8.36. The summed E-state index contributed by atoms with van der Waals surface area (Å²) in [5.41, 5.74) is 0. The van der Waals surface area contributed by atoms with E-state index < -0.39 is 12.1 Å². The molecule has 0 aliphatic carbocycles. The molecule has 0 amide bonds. The summed E-state index contributed by atoms with van der Waals surface area (Å²) in [6.07, 6.45) is -4.09. The van der Waals surface area contributed by atoms with Crippen LogP contribution in [-0.2, 0) is 0 Å². The van der Waals surface area contributed by atoms with Crippen LogP contribution in [0.25, 0.3) is 0 Å². The largest absolute Gasteiger partial charge is 0.414 e. The number of alkyl halides is 3. The van der Waals surface area contributed by atoms with Gasteiger partial charge in [0.1, 0.15) is 0 Å². The molecule has 0 saturated carbocycles. The van der Waals surface area contributed by atoms with E-state index in [4.69, 9.17) is 0 Å². The summed E-state index contributed by atoms with van der Waals surface area (Å²) in [7, 11) is 0. The fourth-order valence-electron chi connectivity index (χ4n) is 0.756. The lowest BCUT2D eigenvalue weighted by Gasteiger charge is -2.30. The molecule has 1 saturated heterocycles. The van der Waals surface area contributed by atoms with Gasteiger partial charge in [-0.15, -0.1) is 0 Å². The minimum atomic E-state index is -4.54. The number of rotatable bonds is 1. The number of halogens is 4. The second-order valence-corrected chi connectivity index (χ2v) is 2.35. The molecule has 1 nitrogen and oxygen atoms in total. The molecule has 0 spiro atoms. The average Bonchev–Trinajstić information content (AvgIpc) is 1.50. The first-order valence-electron chi connectivity index (χ1n) is 3.19. The molecular weight excluding hydrogens is 162 g/mol. The Bertz CT molecular complexity index is 168. The van der Waals surface area contributed by atoms with Gasteiger partial charge in [0.05, 0.1) is 6.08 Å². The van der Waals surface area contributed by atoms with Crippen molar-refractivity contribution >= 4 is 0 Å². The number of hydrogen-bond donors (Lipinski definition) is 0. The Morgan fingerprint density at radius 2 is 1.82 bits per heavy atom. The highest BCUT2D eigenvalue weighted by atomic mass is 19.4. The lowest BCUT2D eigenvalue weighted by Crippen LogP contribution is -2.35. The zero-order valence-corrected chi connectivity index (χ0v) is 5.66. The number of allylic oxidation sites excluding steroid dienone is 1. The molecule has 1 fully saturated rings. The van der Waals surface area contributed by atoms with Gasteiger partial charge in [0.25, 0.3) is 0 Å². The topological polar surface area (TPSA) is 3.24 Å². The van der Waals surface area contributed by atoms with Crippen molar-refractivity contribution in [1.82, 2.24) is 4.90 Å². The standard InChI is InChI=1S/C6H7F4N/c7-5(4-6(8,9)10)11-2-1-3-11/h4H,1-3H2/b5-4+. The monoisotopic (exact) mass is 169 g/mol. The summed E-state index contributed by atoms with van der Waals surface area (Å²) in [6, 6.07) is 0. The van der Waals surface area contributed by atoms with Crippen molar-refractivity contribution in [1.29, 1.82) is 0 Å². The summed E-state index contributed by atoms with van der Waals surface area (Å²) in [5, 5.41) is 0. The highest BCUT2D eigenvalue weighted by Gasteiger charge is 2.28. The first-order chi connectivity index (χ1) is 4.99. The van der Waals surface area contributed by atoms with Crippen molar-refractivity contribution < 1.29 is 17.6 Å². The van der Waals surface area contributed by atoms with Crippen LogP contribution in [0.2, 0.25) is 0 Å². The molecule has 11 heavy (non-hydrogen) atoms. The second-order valence-electron chi connectivity index (χ2n) is 2.35. The van der Waals surface area contributed by atoms with Gasteiger partial charge >= 0.3 is 6.18 Å². The lowest BCUT2D eigenvalue weighted by molar-refractivity contribution is -0.0835.